The summed E-state index contributed by atoms with van der Waals surface area (Å²) in [6.07, 6.45) is -0.851. The predicted octanol–water partition coefficient (Wildman–Crippen LogP) is -0.796. The summed E-state index contributed by atoms with van der Waals surface area (Å²) >= 11 is 0. The van der Waals surface area contributed by atoms with Gasteiger partial charge in [0.15, 0.2) is 0 Å². The lowest BCUT2D eigenvalue weighted by molar-refractivity contribution is -0.117. The highest BCUT2D eigenvalue weighted by molar-refractivity contribution is 5.99. The first-order chi connectivity index (χ1) is 5.06. The molecule has 0 saturated carbocycles. The van der Waals surface area contributed by atoms with Crippen molar-refractivity contribution in [3.05, 3.63) is 0 Å². The van der Waals surface area contributed by atoms with Gasteiger partial charge in [-0.25, -0.2) is 4.79 Å². The van der Waals surface area contributed by atoms with Gasteiger partial charge >= 0.3 is 6.09 Å². The third-order valence-corrected chi connectivity index (χ3v) is 0.690. The molecule has 62 valence electrons. The third kappa shape index (κ3) is 4.89. The van der Waals surface area contributed by atoms with Crippen molar-refractivity contribution < 1.29 is 14.3 Å². The minimum Gasteiger partial charge on any atom is -0.451 e. The summed E-state index contributed by atoms with van der Waals surface area (Å²) < 4.78 is 4.14. The molecule has 6 heteroatoms. The smallest absolute Gasteiger partial charge is 0.436 e. The average molecular weight is 159 g/mol. The molecule has 0 aromatic carbocycles. The van der Waals surface area contributed by atoms with Gasteiger partial charge in [-0.05, 0) is 0 Å². The standard InChI is InChI=1S/C5H9N3O3/c1-3(9)7-4(6)8-5(10)11-2/h1-2H3,(H3,6,7,8,9,10). The van der Waals surface area contributed by atoms with E-state index in [1.807, 2.05) is 0 Å². The summed E-state index contributed by atoms with van der Waals surface area (Å²) in [5.74, 6) is -0.667. The van der Waals surface area contributed by atoms with Crippen LogP contribution in [0.1, 0.15) is 6.92 Å². The van der Waals surface area contributed by atoms with Gasteiger partial charge in [0.2, 0.25) is 11.9 Å². The Balaban J connectivity index is 4.00. The summed E-state index contributed by atoms with van der Waals surface area (Å²) in [5.41, 5.74) is 5.07. The van der Waals surface area contributed by atoms with Gasteiger partial charge in [0, 0.05) is 6.92 Å². The molecule has 0 unspecified atom stereocenters. The second-order valence-corrected chi connectivity index (χ2v) is 1.65. The van der Waals surface area contributed by atoms with Crippen molar-refractivity contribution in [2.24, 2.45) is 10.7 Å². The monoisotopic (exact) mass is 159 g/mol. The number of nitrogens with one attached hydrogen (secondary N) is 1. The molecule has 0 aromatic rings. The van der Waals surface area contributed by atoms with E-state index in [2.05, 4.69) is 15.0 Å². The Hall–Kier alpha value is -1.59. The summed E-state index contributed by atoms with van der Waals surface area (Å²) in [7, 11) is 1.16. The van der Waals surface area contributed by atoms with Gasteiger partial charge in [0.25, 0.3) is 0 Å². The molecule has 0 saturated heterocycles. The quantitative estimate of drug-likeness (QED) is 0.357. The molecular formula is C5H9N3O3. The zero-order valence-corrected chi connectivity index (χ0v) is 6.25. The number of amides is 2. The van der Waals surface area contributed by atoms with Gasteiger partial charge < -0.3 is 10.5 Å². The Morgan fingerprint density at radius 1 is 1.55 bits per heavy atom. The highest BCUT2D eigenvalue weighted by atomic mass is 16.5. The molecule has 0 heterocycles. The fourth-order valence-corrected chi connectivity index (χ4v) is 0.352. The van der Waals surface area contributed by atoms with Crippen molar-refractivity contribution in [1.29, 1.82) is 0 Å². The van der Waals surface area contributed by atoms with Crippen LogP contribution < -0.4 is 11.1 Å². The first-order valence-corrected chi connectivity index (χ1v) is 2.76. The number of guanidine groups is 1. The highest BCUT2D eigenvalue weighted by Gasteiger charge is 1.99. The van der Waals surface area contributed by atoms with E-state index >= 15 is 0 Å². The van der Waals surface area contributed by atoms with Crippen LogP contribution in [0, 0.1) is 0 Å². The molecule has 0 bridgehead atoms. The molecular weight excluding hydrogens is 150 g/mol. The number of aliphatic imine (C=N–C) groups is 1. The molecule has 6 nitrogen and oxygen atoms in total. The molecule has 0 fully saturated rings. The molecule has 0 atom stereocenters. The number of rotatable bonds is 0. The fourth-order valence-electron chi connectivity index (χ4n) is 0.352. The van der Waals surface area contributed by atoms with Crippen LogP contribution in [0.4, 0.5) is 4.79 Å². The number of hydrogen-bond donors (Lipinski definition) is 2. The number of nitrogens with zero attached hydrogens (tertiary/aromatic N) is 1. The van der Waals surface area contributed by atoms with E-state index in [0.29, 0.717) is 0 Å². The maximum atomic E-state index is 10.4. The summed E-state index contributed by atoms with van der Waals surface area (Å²) in [4.78, 5) is 23.8. The molecule has 0 aliphatic heterocycles. The van der Waals surface area contributed by atoms with Crippen LogP contribution in [0.5, 0.6) is 0 Å². The average Bonchev–Trinajstić information content (AvgIpc) is 1.85. The van der Waals surface area contributed by atoms with Crippen molar-refractivity contribution in [2.75, 3.05) is 7.11 Å². The Morgan fingerprint density at radius 2 is 2.09 bits per heavy atom. The van der Waals surface area contributed by atoms with Crippen molar-refractivity contribution in [1.82, 2.24) is 5.32 Å². The minimum absolute atomic E-state index is 0.274. The van der Waals surface area contributed by atoms with Crippen molar-refractivity contribution in [3.63, 3.8) is 0 Å². The lowest BCUT2D eigenvalue weighted by atomic mass is 10.7. The normalized spacial score (nSPS) is 10.5. The molecule has 0 aromatic heterocycles. The van der Waals surface area contributed by atoms with E-state index in [-0.39, 0.29) is 5.96 Å². The Kier molecular flexibility index (Phi) is 3.65. The van der Waals surface area contributed by atoms with Gasteiger partial charge in [-0.15, -0.1) is 4.99 Å². The minimum atomic E-state index is -0.851. The summed E-state index contributed by atoms with van der Waals surface area (Å²) in [6.45, 7) is 1.25. The third-order valence-electron chi connectivity index (χ3n) is 0.690. The lowest BCUT2D eigenvalue weighted by Crippen LogP contribution is -2.35. The molecule has 0 aliphatic carbocycles. The van der Waals surface area contributed by atoms with Crippen LogP contribution in [0.2, 0.25) is 0 Å². The van der Waals surface area contributed by atoms with Gasteiger partial charge in [0.05, 0.1) is 7.11 Å². The molecule has 0 spiro atoms. The predicted molar refractivity (Wildman–Crippen MR) is 37.8 cm³/mol. The summed E-state index contributed by atoms with van der Waals surface area (Å²) in [5, 5.41) is 2.10. The Morgan fingerprint density at radius 3 is 2.45 bits per heavy atom. The van der Waals surface area contributed by atoms with Crippen LogP contribution in [0.15, 0.2) is 4.99 Å². The van der Waals surface area contributed by atoms with E-state index in [0.717, 1.165) is 7.11 Å². The Labute approximate surface area is 63.4 Å². The second kappa shape index (κ2) is 4.26. The maximum Gasteiger partial charge on any atom is 0.436 e. The number of carbonyl (C=O) groups is 2. The van der Waals surface area contributed by atoms with Crippen molar-refractivity contribution in [3.8, 4) is 0 Å². The first kappa shape index (κ1) is 9.41. The number of hydrogen-bond acceptors (Lipinski definition) is 3. The number of ether oxygens (including phenoxy) is 1. The molecule has 3 N–H and O–H groups in total. The summed E-state index contributed by atoms with van der Waals surface area (Å²) in [6, 6.07) is 0. The maximum absolute atomic E-state index is 10.4. The van der Waals surface area contributed by atoms with Crippen LogP contribution >= 0.6 is 0 Å². The van der Waals surface area contributed by atoms with Crippen molar-refractivity contribution >= 4 is 18.0 Å². The number of methoxy groups -OCH3 is 1. The molecule has 0 rings (SSSR count). The van der Waals surface area contributed by atoms with E-state index < -0.39 is 12.0 Å². The lowest BCUT2D eigenvalue weighted by Gasteiger charge is -1.97. The van der Waals surface area contributed by atoms with E-state index in [9.17, 15) is 9.59 Å². The van der Waals surface area contributed by atoms with Gasteiger partial charge in [-0.3, -0.25) is 10.1 Å². The van der Waals surface area contributed by atoms with Crippen LogP contribution in [0.3, 0.4) is 0 Å². The molecule has 2 amide bonds. The zero-order valence-electron chi connectivity index (χ0n) is 6.25. The molecule has 11 heavy (non-hydrogen) atoms. The van der Waals surface area contributed by atoms with Crippen LogP contribution in [0.25, 0.3) is 0 Å². The largest absolute Gasteiger partial charge is 0.451 e. The fraction of sp³-hybridized carbons (Fsp3) is 0.400. The van der Waals surface area contributed by atoms with Gasteiger partial charge in [-0.1, -0.05) is 0 Å². The number of carbonyl (C=O) groups excluding carboxylic acids is 2. The first-order valence-electron chi connectivity index (χ1n) is 2.76. The highest BCUT2D eigenvalue weighted by Crippen LogP contribution is 1.77. The van der Waals surface area contributed by atoms with Crippen LogP contribution in [-0.4, -0.2) is 25.1 Å². The van der Waals surface area contributed by atoms with Gasteiger partial charge in [-0.2, -0.15) is 0 Å². The Bertz CT molecular complexity index is 199. The van der Waals surface area contributed by atoms with Crippen molar-refractivity contribution in [2.45, 2.75) is 6.92 Å². The van der Waals surface area contributed by atoms with E-state index in [4.69, 9.17) is 5.73 Å². The van der Waals surface area contributed by atoms with Gasteiger partial charge in [0.1, 0.15) is 0 Å². The van der Waals surface area contributed by atoms with Crippen LogP contribution in [-0.2, 0) is 9.53 Å². The topological polar surface area (TPSA) is 93.8 Å². The second-order valence-electron chi connectivity index (χ2n) is 1.65. The number of nitrogens with two attached hydrogens (primary N) is 1. The molecule has 0 aliphatic rings. The van der Waals surface area contributed by atoms with E-state index in [1.54, 1.807) is 0 Å². The SMILES string of the molecule is COC(=O)/N=C(/N)NC(C)=O. The zero-order chi connectivity index (χ0) is 8.85. The molecule has 0 radical (unpaired) electrons. The van der Waals surface area contributed by atoms with E-state index in [1.165, 1.54) is 6.92 Å².